The Bertz CT molecular complexity index is 2660. The van der Waals surface area contributed by atoms with Crippen molar-refractivity contribution < 1.29 is 61.1 Å². The Labute approximate surface area is 572 Å². The summed E-state index contributed by atoms with van der Waals surface area (Å²) in [7, 11) is 1.50. The first-order valence-electron chi connectivity index (χ1n) is 24.3. The molecule has 2 aliphatic rings. The molecule has 4 amide bonds. The maximum Gasteiger partial charge on any atom is 0.289 e. The van der Waals surface area contributed by atoms with Crippen molar-refractivity contribution in [3.8, 4) is 0 Å². The molecule has 10 N–H and O–H groups in total. The number of aliphatic imine (C=N–C) groups is 1. The molecule has 5 aromatic rings. The number of carbonyl (C=O) groups is 5. The van der Waals surface area contributed by atoms with Gasteiger partial charge in [-0.15, -0.1) is 0 Å². The van der Waals surface area contributed by atoms with Crippen LogP contribution in [0.2, 0.25) is 0 Å². The Morgan fingerprint density at radius 3 is 1.14 bits per heavy atom. The number of primary amides is 1. The molecule has 2 fully saturated rings. The largest absolute Gasteiger partial charge is 0.460 e. The third-order valence-corrected chi connectivity index (χ3v) is 14.4. The van der Waals surface area contributed by atoms with Gasteiger partial charge in [-0.25, -0.2) is 9.79 Å². The molecule has 0 aliphatic heterocycles. The van der Waals surface area contributed by atoms with E-state index < -0.39 is 53.6 Å². The summed E-state index contributed by atoms with van der Waals surface area (Å²) in [6.45, 7) is 0. The second-order valence-corrected chi connectivity index (χ2v) is 28.6. The second-order valence-electron chi connectivity index (χ2n) is 16.9. The van der Waals surface area contributed by atoms with Crippen molar-refractivity contribution >= 4 is 220 Å². The lowest BCUT2D eigenvalue weighted by Gasteiger charge is -2.31. The fraction of sp³-hybridized carbons (Fsp3) is 0.480. The van der Waals surface area contributed by atoms with Crippen LogP contribution in [0.25, 0.3) is 0 Å². The molecule has 84 heavy (non-hydrogen) atoms. The minimum absolute atomic E-state index is 0. The second kappa shape index (κ2) is 43.8. The third kappa shape index (κ3) is 36.0. The standard InChI is InChI=1S/C15H20BrCl3N2O2.C9H15NO.2C7H5BrCl3NO3.C5H4BrNO2.C5H3BrO2.CH5N.CH4/c16-10-8-12(23-9-10)13(22)21-14(15(17,18)19)20-11-6-4-2-1-3-5-7-11;11-8-10-9-6-4-2-1-3-5-7-9;2*8-3-1-4(15-2-3)5(13)12-6(14)7(9,10)11;6-3-1-4(5(7)8)9-2-3;6-4-1-5(2-7)8-3-4;1-2;/h8-9,11,14,20H,1-7H2,(H,21,22);9H,1-7H2;2*1-2,6,14H,(H,12,13);1-2H,(H2,7,8);1-3H;2H2,1H3;1H4. The molecule has 0 bridgehead atoms. The van der Waals surface area contributed by atoms with E-state index in [9.17, 15) is 39.0 Å². The van der Waals surface area contributed by atoms with E-state index in [-0.39, 0.29) is 42.6 Å². The number of rotatable bonds is 11. The number of amides is 4. The number of aldehydes is 1. The Morgan fingerprint density at radius 1 is 0.560 bits per heavy atom. The monoisotopic (exact) mass is 1680 g/mol. The van der Waals surface area contributed by atoms with Crippen LogP contribution in [0.4, 0.5) is 0 Å². The quantitative estimate of drug-likeness (QED) is 0.0200. The van der Waals surface area contributed by atoms with Crippen molar-refractivity contribution in [2.24, 2.45) is 16.5 Å². The van der Waals surface area contributed by atoms with Gasteiger partial charge in [-0.1, -0.05) is 176 Å². The smallest absolute Gasteiger partial charge is 0.289 e. The summed E-state index contributed by atoms with van der Waals surface area (Å²) in [4.78, 5) is 68.9. The van der Waals surface area contributed by atoms with Gasteiger partial charge in [0, 0.05) is 36.4 Å². The van der Waals surface area contributed by atoms with Gasteiger partial charge >= 0.3 is 0 Å². The summed E-state index contributed by atoms with van der Waals surface area (Å²) in [6, 6.07) is 8.03. The molecule has 0 aromatic carbocycles. The van der Waals surface area contributed by atoms with Gasteiger partial charge in [0.25, 0.3) is 23.6 Å². The lowest BCUT2D eigenvalue weighted by Crippen LogP contribution is -2.56. The molecule has 5 aromatic heterocycles. The lowest BCUT2D eigenvalue weighted by atomic mass is 9.96. The van der Waals surface area contributed by atoms with E-state index in [2.05, 4.69) is 112 Å². The zero-order chi connectivity index (χ0) is 62.9. The number of aliphatic hydroxyl groups excluding tert-OH is 2. The van der Waals surface area contributed by atoms with Crippen LogP contribution in [0.3, 0.4) is 0 Å². The van der Waals surface area contributed by atoms with Crippen LogP contribution in [0, 0.1) is 0 Å². The molecule has 3 unspecified atom stereocenters. The molecule has 2 saturated carbocycles. The topological polar surface area (TPSA) is 321 Å². The zero-order valence-electron chi connectivity index (χ0n) is 43.4. The average Bonchev–Trinajstić information content (AvgIpc) is 4.31. The Hall–Kier alpha value is -1.82. The number of carbonyl (C=O) groups excluding carboxylic acids is 6. The highest BCUT2D eigenvalue weighted by Crippen LogP contribution is 2.32. The number of hydrogen-bond acceptors (Lipinski definition) is 16. The lowest BCUT2D eigenvalue weighted by molar-refractivity contribution is 0.0754. The van der Waals surface area contributed by atoms with Crippen LogP contribution >= 0.6 is 184 Å². The number of alkyl halides is 9. The van der Waals surface area contributed by atoms with Crippen molar-refractivity contribution in [2.75, 3.05) is 7.05 Å². The molecular formula is C50H61Br5Cl9N7O13. The minimum atomic E-state index is -1.99. The summed E-state index contributed by atoms with van der Waals surface area (Å²) < 4.78 is 22.0. The number of furan rings is 5. The number of halogens is 14. The first-order valence-corrected chi connectivity index (χ1v) is 31.6. The fourth-order valence-corrected chi connectivity index (χ4v) is 8.80. The number of aliphatic hydroxyl groups is 2. The molecule has 0 radical (unpaired) electrons. The van der Waals surface area contributed by atoms with Gasteiger partial charge in [-0.2, -0.15) is 0 Å². The van der Waals surface area contributed by atoms with Crippen LogP contribution in [0.1, 0.15) is 150 Å². The van der Waals surface area contributed by atoms with E-state index in [0.717, 1.165) is 47.5 Å². The van der Waals surface area contributed by atoms with Crippen LogP contribution in [0.5, 0.6) is 0 Å². The maximum absolute atomic E-state index is 12.2. The predicted molar refractivity (Wildman–Crippen MR) is 345 cm³/mol. The summed E-state index contributed by atoms with van der Waals surface area (Å²) in [6.07, 6.45) is 21.9. The van der Waals surface area contributed by atoms with Crippen molar-refractivity contribution in [3.63, 3.8) is 0 Å². The van der Waals surface area contributed by atoms with Gasteiger partial charge in [0.2, 0.25) is 17.5 Å². The van der Waals surface area contributed by atoms with E-state index in [0.29, 0.717) is 25.5 Å². The molecule has 0 saturated heterocycles. The summed E-state index contributed by atoms with van der Waals surface area (Å²) in [5.74, 6) is -1.68. The van der Waals surface area contributed by atoms with Crippen molar-refractivity contribution in [1.82, 2.24) is 21.3 Å². The number of nitrogens with zero attached hydrogens (tertiary/aromatic N) is 1. The summed E-state index contributed by atoms with van der Waals surface area (Å²) in [5, 5.41) is 28.6. The van der Waals surface area contributed by atoms with Crippen LogP contribution in [-0.4, -0.2) is 95.3 Å². The third-order valence-electron chi connectivity index (χ3n) is 10.5. The Balaban J connectivity index is 0.00000101. The summed E-state index contributed by atoms with van der Waals surface area (Å²) in [5.41, 5.74) is 9.37. The van der Waals surface area contributed by atoms with E-state index in [4.69, 9.17) is 132 Å². The SMILES string of the molecule is C.CN.NC(=O)c1cc(Br)co1.O=C(NC(NC1CCCCCCC1)C(Cl)(Cl)Cl)c1cc(Br)co1.O=C(NC(O)C(Cl)(Cl)Cl)c1cc(Br)co1.O=C(NC(O)C(Cl)(Cl)Cl)c1cc(Br)co1.O=C=NC1CCCCCCC1.O=Cc1cc(Br)co1. The van der Waals surface area contributed by atoms with Crippen molar-refractivity contribution in [1.29, 1.82) is 0 Å². The molecule has 2 aliphatic carbocycles. The van der Waals surface area contributed by atoms with Crippen molar-refractivity contribution in [2.45, 2.75) is 139 Å². The van der Waals surface area contributed by atoms with Gasteiger partial charge in [-0.05, 0) is 112 Å². The maximum atomic E-state index is 12.2. The van der Waals surface area contributed by atoms with Gasteiger partial charge in [0.05, 0.1) is 28.4 Å². The van der Waals surface area contributed by atoms with Crippen LogP contribution in [0.15, 0.2) is 111 Å². The number of nitrogens with one attached hydrogen (secondary N) is 4. The van der Waals surface area contributed by atoms with Crippen LogP contribution < -0.4 is 32.7 Å². The molecule has 472 valence electrons. The first kappa shape index (κ1) is 82.2. The van der Waals surface area contributed by atoms with Gasteiger partial charge in [0.1, 0.15) is 37.5 Å². The summed E-state index contributed by atoms with van der Waals surface area (Å²) >= 11 is 65.8. The normalized spacial score (nSPS) is 14.8. The number of hydrogen-bond donors (Lipinski definition) is 8. The number of isocyanates is 1. The van der Waals surface area contributed by atoms with Gasteiger partial charge in [-0.3, -0.25) is 29.3 Å². The van der Waals surface area contributed by atoms with E-state index in [1.807, 2.05) is 0 Å². The Kier molecular flexibility index (Phi) is 42.8. The first-order chi connectivity index (χ1) is 38.9. The Morgan fingerprint density at radius 2 is 0.881 bits per heavy atom. The molecule has 5 heterocycles. The van der Waals surface area contributed by atoms with E-state index in [1.165, 1.54) is 108 Å². The highest BCUT2D eigenvalue weighted by molar-refractivity contribution is 9.11. The van der Waals surface area contributed by atoms with Gasteiger partial charge in [0.15, 0.2) is 47.5 Å². The molecule has 3 atom stereocenters. The molecule has 0 spiro atoms. The molecule has 20 nitrogen and oxygen atoms in total. The minimum Gasteiger partial charge on any atom is -0.460 e. The van der Waals surface area contributed by atoms with E-state index >= 15 is 0 Å². The highest BCUT2D eigenvalue weighted by atomic mass is 79.9. The molecule has 7 rings (SSSR count). The van der Waals surface area contributed by atoms with Crippen molar-refractivity contribution in [3.05, 3.63) is 113 Å². The average molecular weight is 1690 g/mol. The predicted octanol–water partition coefficient (Wildman–Crippen LogP) is 15.7. The zero-order valence-corrected chi connectivity index (χ0v) is 58.1. The fourth-order valence-electron chi connectivity index (χ4n) is 6.60. The number of nitrogens with two attached hydrogens (primary N) is 2. The van der Waals surface area contributed by atoms with E-state index in [1.54, 1.807) is 18.2 Å². The van der Waals surface area contributed by atoms with Gasteiger partial charge < -0.3 is 59.7 Å². The van der Waals surface area contributed by atoms with Crippen LogP contribution in [-0.2, 0) is 4.79 Å². The molecule has 34 heteroatoms. The molecular weight excluding hydrogens is 1630 g/mol. The highest BCUT2D eigenvalue weighted by Gasteiger charge is 2.37.